The molecule has 0 amide bonds. The highest BCUT2D eigenvalue weighted by atomic mass is 16.3. The molecule has 0 radical (unpaired) electrons. The van der Waals surface area contributed by atoms with Crippen LogP contribution >= 0.6 is 0 Å². The molecule has 2 aliphatic heterocycles. The van der Waals surface area contributed by atoms with Crippen molar-refractivity contribution in [2.75, 3.05) is 0 Å². The van der Waals surface area contributed by atoms with E-state index in [1.165, 1.54) is 0 Å². The molecule has 0 aromatic rings. The van der Waals surface area contributed by atoms with E-state index < -0.39 is 0 Å². The summed E-state index contributed by atoms with van der Waals surface area (Å²) in [6.07, 6.45) is 5.70. The zero-order valence-corrected chi connectivity index (χ0v) is 9.64. The van der Waals surface area contributed by atoms with Crippen molar-refractivity contribution >= 4 is 5.84 Å². The van der Waals surface area contributed by atoms with Crippen molar-refractivity contribution in [2.45, 2.75) is 32.9 Å². The second-order valence-corrected chi connectivity index (χ2v) is 4.08. The minimum atomic E-state index is 0.0790. The van der Waals surface area contributed by atoms with E-state index in [1.807, 2.05) is 11.1 Å². The average molecular weight is 222 g/mol. The Kier molecular flexibility index (Phi) is 2.77. The maximum Gasteiger partial charge on any atom is 0.214 e. The summed E-state index contributed by atoms with van der Waals surface area (Å²) in [6, 6.07) is 0. The van der Waals surface area contributed by atoms with Gasteiger partial charge in [0.05, 0.1) is 0 Å². The predicted octanol–water partition coefficient (Wildman–Crippen LogP) is 1.22. The van der Waals surface area contributed by atoms with Gasteiger partial charge in [0.25, 0.3) is 0 Å². The van der Waals surface area contributed by atoms with Crippen LogP contribution in [-0.2, 0) is 0 Å². The van der Waals surface area contributed by atoms with E-state index in [0.29, 0.717) is 17.5 Å². The van der Waals surface area contributed by atoms with Gasteiger partial charge in [-0.25, -0.2) is 4.99 Å². The number of aliphatic imine (C=N–C) groups is 1. The number of fused-ring (bicyclic) bond motifs is 1. The fourth-order valence-electron chi connectivity index (χ4n) is 2.29. The first-order valence-electron chi connectivity index (χ1n) is 5.67. The van der Waals surface area contributed by atoms with Crippen molar-refractivity contribution in [1.82, 2.24) is 10.2 Å². The molecule has 0 aliphatic carbocycles. The first-order chi connectivity index (χ1) is 7.69. The lowest BCUT2D eigenvalue weighted by Crippen LogP contribution is -2.42. The van der Waals surface area contributed by atoms with E-state index >= 15 is 0 Å². The molecular weight excluding hydrogens is 204 g/mol. The first-order valence-corrected chi connectivity index (χ1v) is 5.67. The minimum Gasteiger partial charge on any atom is -0.493 e. The van der Waals surface area contributed by atoms with Gasteiger partial charge in [-0.2, -0.15) is 0 Å². The summed E-state index contributed by atoms with van der Waals surface area (Å²) in [5.74, 6) is 0.957. The van der Waals surface area contributed by atoms with Crippen LogP contribution in [0, 0.1) is 5.92 Å². The SMILES string of the molecule is CCC(CC)C1NC(O)=C2C(N)=NC=CN21. The number of hydrogen-bond donors (Lipinski definition) is 3. The standard InChI is InChI=1S/C11H18N4O/c1-3-7(4-2)10-14-11(16)8-9(12)13-5-6-15(8)10/h5-7,10,14,16H,3-4H2,1-2H3,(H2,12,13). The molecule has 88 valence electrons. The normalized spacial score (nSPS) is 23.6. The van der Waals surface area contributed by atoms with Gasteiger partial charge in [-0.15, -0.1) is 0 Å². The van der Waals surface area contributed by atoms with Crippen molar-refractivity contribution in [3.05, 3.63) is 24.0 Å². The highest BCUT2D eigenvalue weighted by Gasteiger charge is 2.36. The maximum atomic E-state index is 9.84. The van der Waals surface area contributed by atoms with Crippen LogP contribution < -0.4 is 11.1 Å². The lowest BCUT2D eigenvalue weighted by molar-refractivity contribution is 0.220. The van der Waals surface area contributed by atoms with E-state index in [-0.39, 0.29) is 12.0 Å². The molecule has 0 spiro atoms. The van der Waals surface area contributed by atoms with Crippen LogP contribution in [0.3, 0.4) is 0 Å². The lowest BCUT2D eigenvalue weighted by Gasteiger charge is -2.31. The quantitative estimate of drug-likeness (QED) is 0.671. The van der Waals surface area contributed by atoms with Gasteiger partial charge in [0.15, 0.2) is 5.84 Å². The fourth-order valence-corrected chi connectivity index (χ4v) is 2.29. The summed E-state index contributed by atoms with van der Waals surface area (Å²) in [5, 5.41) is 12.9. The Morgan fingerprint density at radius 3 is 2.88 bits per heavy atom. The molecule has 0 fully saturated rings. The molecule has 5 heteroatoms. The predicted molar refractivity (Wildman–Crippen MR) is 63.3 cm³/mol. The van der Waals surface area contributed by atoms with Crippen molar-refractivity contribution < 1.29 is 5.11 Å². The zero-order valence-electron chi connectivity index (χ0n) is 9.64. The average Bonchev–Trinajstić information content (AvgIpc) is 2.60. The van der Waals surface area contributed by atoms with Crippen LogP contribution in [0.1, 0.15) is 26.7 Å². The monoisotopic (exact) mass is 222 g/mol. The van der Waals surface area contributed by atoms with Crippen LogP contribution in [0.15, 0.2) is 29.0 Å². The topological polar surface area (TPSA) is 73.9 Å². The molecule has 2 rings (SSSR count). The van der Waals surface area contributed by atoms with Crippen LogP contribution in [0.25, 0.3) is 0 Å². The Labute approximate surface area is 95.3 Å². The maximum absolute atomic E-state index is 9.84. The van der Waals surface area contributed by atoms with E-state index in [9.17, 15) is 5.11 Å². The molecule has 0 aromatic heterocycles. The van der Waals surface area contributed by atoms with Gasteiger partial charge in [-0.05, 0) is 18.8 Å². The molecule has 2 heterocycles. The van der Waals surface area contributed by atoms with Gasteiger partial charge in [0.1, 0.15) is 11.9 Å². The molecule has 0 aromatic carbocycles. The van der Waals surface area contributed by atoms with E-state index in [4.69, 9.17) is 5.73 Å². The molecule has 2 aliphatic rings. The Morgan fingerprint density at radius 2 is 2.25 bits per heavy atom. The third-order valence-electron chi connectivity index (χ3n) is 3.25. The summed E-state index contributed by atoms with van der Waals surface area (Å²) < 4.78 is 0. The number of aliphatic hydroxyl groups excluding tert-OH is 1. The number of hydrogen-bond acceptors (Lipinski definition) is 5. The van der Waals surface area contributed by atoms with Crippen LogP contribution in [0.5, 0.6) is 0 Å². The second-order valence-electron chi connectivity index (χ2n) is 4.08. The molecule has 0 bridgehead atoms. The molecule has 4 N–H and O–H groups in total. The Morgan fingerprint density at radius 1 is 1.56 bits per heavy atom. The van der Waals surface area contributed by atoms with Gasteiger partial charge in [-0.3, -0.25) is 0 Å². The van der Waals surface area contributed by atoms with E-state index in [2.05, 4.69) is 24.2 Å². The number of rotatable bonds is 3. The summed E-state index contributed by atoms with van der Waals surface area (Å²) in [4.78, 5) is 5.95. The van der Waals surface area contributed by atoms with E-state index in [1.54, 1.807) is 6.20 Å². The third kappa shape index (κ3) is 1.52. The molecule has 0 saturated carbocycles. The van der Waals surface area contributed by atoms with Gasteiger partial charge in [0, 0.05) is 12.4 Å². The van der Waals surface area contributed by atoms with Crippen LogP contribution in [-0.4, -0.2) is 22.0 Å². The smallest absolute Gasteiger partial charge is 0.214 e. The van der Waals surface area contributed by atoms with Gasteiger partial charge in [-0.1, -0.05) is 13.8 Å². The molecule has 5 nitrogen and oxygen atoms in total. The molecule has 1 unspecified atom stereocenters. The highest BCUT2D eigenvalue weighted by Crippen LogP contribution is 2.29. The molecule has 16 heavy (non-hydrogen) atoms. The Balaban J connectivity index is 2.26. The highest BCUT2D eigenvalue weighted by molar-refractivity contribution is 5.98. The zero-order chi connectivity index (χ0) is 11.7. The first kappa shape index (κ1) is 10.9. The van der Waals surface area contributed by atoms with Crippen molar-refractivity contribution in [3.63, 3.8) is 0 Å². The third-order valence-corrected chi connectivity index (χ3v) is 3.25. The molecular formula is C11H18N4O. The number of nitrogens with two attached hydrogens (primary N) is 1. The van der Waals surface area contributed by atoms with Crippen molar-refractivity contribution in [1.29, 1.82) is 0 Å². The van der Waals surface area contributed by atoms with Gasteiger partial charge in [0.2, 0.25) is 5.88 Å². The van der Waals surface area contributed by atoms with Gasteiger partial charge >= 0.3 is 0 Å². The molecule has 0 saturated heterocycles. The number of amidine groups is 1. The Hall–Kier alpha value is -1.65. The fraction of sp³-hybridized carbons (Fsp3) is 0.545. The van der Waals surface area contributed by atoms with E-state index in [0.717, 1.165) is 12.8 Å². The summed E-state index contributed by atoms with van der Waals surface area (Å²) >= 11 is 0. The Bertz CT molecular complexity index is 368. The lowest BCUT2D eigenvalue weighted by atomic mass is 9.99. The van der Waals surface area contributed by atoms with Crippen LogP contribution in [0.4, 0.5) is 0 Å². The van der Waals surface area contributed by atoms with Gasteiger partial charge < -0.3 is 21.1 Å². The number of nitrogens with one attached hydrogen (secondary N) is 1. The summed E-state index contributed by atoms with van der Waals surface area (Å²) in [5.41, 5.74) is 6.35. The number of nitrogens with zero attached hydrogens (tertiary/aromatic N) is 2. The second kappa shape index (κ2) is 4.08. The minimum absolute atomic E-state index is 0.0790. The largest absolute Gasteiger partial charge is 0.493 e. The van der Waals surface area contributed by atoms with Crippen LogP contribution in [0.2, 0.25) is 0 Å². The summed E-state index contributed by atoms with van der Waals surface area (Å²) in [6.45, 7) is 4.30. The summed E-state index contributed by atoms with van der Waals surface area (Å²) in [7, 11) is 0. The number of aliphatic hydroxyl groups is 1. The molecule has 1 atom stereocenters. The van der Waals surface area contributed by atoms with Crippen molar-refractivity contribution in [3.8, 4) is 0 Å². The van der Waals surface area contributed by atoms with Crippen molar-refractivity contribution in [2.24, 2.45) is 16.6 Å².